The Morgan fingerprint density at radius 3 is 2.67 bits per heavy atom. The van der Waals surface area contributed by atoms with Crippen molar-refractivity contribution in [1.82, 2.24) is 14.4 Å². The van der Waals surface area contributed by atoms with Crippen molar-refractivity contribution in [2.24, 2.45) is 5.92 Å². The summed E-state index contributed by atoms with van der Waals surface area (Å²) in [6.07, 6.45) is -0.610. The molecular formula is C26H33N5O7S2. The molecule has 1 aromatic carbocycles. The van der Waals surface area contributed by atoms with Crippen LogP contribution >= 0.6 is 11.3 Å². The maximum absolute atomic E-state index is 13.6. The van der Waals surface area contributed by atoms with Crippen molar-refractivity contribution in [2.45, 2.75) is 44.0 Å². The highest BCUT2D eigenvalue weighted by atomic mass is 32.2. The Labute approximate surface area is 237 Å². The molecule has 0 saturated heterocycles. The van der Waals surface area contributed by atoms with Crippen LogP contribution in [0.3, 0.4) is 0 Å². The lowest BCUT2D eigenvalue weighted by Crippen LogP contribution is -2.50. The van der Waals surface area contributed by atoms with Crippen LogP contribution in [0.2, 0.25) is 0 Å². The van der Waals surface area contributed by atoms with Gasteiger partial charge in [0, 0.05) is 25.2 Å². The molecule has 2 aromatic heterocycles. The van der Waals surface area contributed by atoms with Gasteiger partial charge in [0.05, 0.1) is 24.8 Å². The predicted octanol–water partition coefficient (Wildman–Crippen LogP) is 3.54. The summed E-state index contributed by atoms with van der Waals surface area (Å²) in [7, 11) is -2.23. The number of fused-ring (bicyclic) bond motifs is 1. The first kappa shape index (κ1) is 29.5. The van der Waals surface area contributed by atoms with Crippen LogP contribution in [0.15, 0.2) is 44.4 Å². The summed E-state index contributed by atoms with van der Waals surface area (Å²) >= 11 is 1.13. The number of rotatable bonds is 8. The molecule has 0 bridgehead atoms. The summed E-state index contributed by atoms with van der Waals surface area (Å²) in [5, 5.41) is 20.8. The van der Waals surface area contributed by atoms with Gasteiger partial charge in [-0.2, -0.15) is 4.31 Å². The molecular weight excluding hydrogens is 558 g/mol. The van der Waals surface area contributed by atoms with Crippen LogP contribution in [-0.2, 0) is 10.0 Å². The quantitative estimate of drug-likeness (QED) is 0.359. The standard InChI is InChI=1S/C26H33N5O7S2/c1-15-12-31(16(2)14-32)25(33)20-11-19(27-26(34)28-24-17(3)29-38-18(24)4)8-9-21(20)37-22(15)13-30(5)40(35,36)23-7-6-10-39-23/h6-11,15-16,22,32H,12-14H2,1-5H3,(H2,27,28,34)/t15-,16+,22-/m0/s1. The fraction of sp³-hybridized carbons (Fsp3) is 0.423. The number of nitrogens with one attached hydrogen (secondary N) is 2. The molecule has 1 aliphatic heterocycles. The number of aryl methyl sites for hydroxylation is 2. The molecule has 3 amide bonds. The Balaban J connectivity index is 1.62. The van der Waals surface area contributed by atoms with E-state index in [0.29, 0.717) is 22.8 Å². The average Bonchev–Trinajstić information content (AvgIpc) is 3.57. The number of aliphatic hydroxyl groups excluding tert-OH is 1. The number of ether oxygens (including phenoxy) is 1. The Kier molecular flexibility index (Phi) is 8.83. The number of amides is 3. The van der Waals surface area contributed by atoms with Gasteiger partial charge in [-0.3, -0.25) is 4.79 Å². The molecule has 0 saturated carbocycles. The van der Waals surface area contributed by atoms with Crippen LogP contribution in [0.25, 0.3) is 0 Å². The smallest absolute Gasteiger partial charge is 0.323 e. The topological polar surface area (TPSA) is 154 Å². The lowest BCUT2D eigenvalue weighted by Gasteiger charge is -2.38. The van der Waals surface area contributed by atoms with Crippen LogP contribution in [0.1, 0.15) is 35.7 Å². The third kappa shape index (κ3) is 6.14. The van der Waals surface area contributed by atoms with Gasteiger partial charge in [-0.1, -0.05) is 18.1 Å². The van der Waals surface area contributed by atoms with Crippen molar-refractivity contribution < 1.29 is 32.4 Å². The van der Waals surface area contributed by atoms with E-state index in [-0.39, 0.29) is 47.0 Å². The van der Waals surface area contributed by atoms with E-state index in [4.69, 9.17) is 9.26 Å². The molecule has 1 aliphatic rings. The molecule has 216 valence electrons. The fourth-order valence-corrected chi connectivity index (χ4v) is 6.75. The molecule has 3 atom stereocenters. The third-order valence-electron chi connectivity index (χ3n) is 6.79. The first-order chi connectivity index (χ1) is 18.9. The molecule has 3 heterocycles. The van der Waals surface area contributed by atoms with Crippen molar-refractivity contribution in [3.8, 4) is 5.75 Å². The van der Waals surface area contributed by atoms with E-state index in [1.165, 1.54) is 17.4 Å². The maximum Gasteiger partial charge on any atom is 0.323 e. The molecule has 0 spiro atoms. The summed E-state index contributed by atoms with van der Waals surface area (Å²) in [5.74, 6) is 0.0476. The zero-order valence-electron chi connectivity index (χ0n) is 22.9. The van der Waals surface area contributed by atoms with Gasteiger partial charge < -0.3 is 29.9 Å². The van der Waals surface area contributed by atoms with Crippen molar-refractivity contribution in [3.05, 3.63) is 52.7 Å². The number of urea groups is 1. The van der Waals surface area contributed by atoms with Crippen LogP contribution in [0.4, 0.5) is 16.2 Å². The van der Waals surface area contributed by atoms with Crippen molar-refractivity contribution in [3.63, 3.8) is 0 Å². The number of nitrogens with zero attached hydrogens (tertiary/aromatic N) is 3. The number of hydrogen-bond acceptors (Lipinski definition) is 9. The predicted molar refractivity (Wildman–Crippen MR) is 150 cm³/mol. The van der Waals surface area contributed by atoms with E-state index in [1.807, 2.05) is 6.92 Å². The summed E-state index contributed by atoms with van der Waals surface area (Å²) < 4.78 is 39.0. The van der Waals surface area contributed by atoms with Gasteiger partial charge in [-0.05, 0) is 50.4 Å². The molecule has 0 aliphatic carbocycles. The molecule has 0 radical (unpaired) electrons. The molecule has 3 aromatic rings. The molecule has 12 nitrogen and oxygen atoms in total. The Bertz CT molecular complexity index is 1450. The average molecular weight is 592 g/mol. The first-order valence-electron chi connectivity index (χ1n) is 12.7. The molecule has 0 unspecified atom stereocenters. The molecule has 3 N–H and O–H groups in total. The van der Waals surface area contributed by atoms with Crippen LogP contribution in [-0.4, -0.2) is 78.7 Å². The number of carbonyl (C=O) groups is 2. The van der Waals surface area contributed by atoms with Gasteiger partial charge in [-0.15, -0.1) is 11.3 Å². The number of sulfonamides is 1. The van der Waals surface area contributed by atoms with Gasteiger partial charge in [0.1, 0.15) is 27.4 Å². The van der Waals surface area contributed by atoms with E-state index in [2.05, 4.69) is 15.8 Å². The monoisotopic (exact) mass is 591 g/mol. The van der Waals surface area contributed by atoms with Crippen molar-refractivity contribution >= 4 is 44.7 Å². The highest BCUT2D eigenvalue weighted by molar-refractivity contribution is 7.91. The Morgan fingerprint density at radius 1 is 1.30 bits per heavy atom. The lowest BCUT2D eigenvalue weighted by molar-refractivity contribution is 0.0387. The molecule has 4 rings (SSSR count). The van der Waals surface area contributed by atoms with Gasteiger partial charge in [-0.25, -0.2) is 13.2 Å². The second kappa shape index (κ2) is 12.0. The number of aliphatic hydroxyl groups is 1. The lowest BCUT2D eigenvalue weighted by atomic mass is 9.99. The summed E-state index contributed by atoms with van der Waals surface area (Å²) in [4.78, 5) is 27.9. The number of carbonyl (C=O) groups excluding carboxylic acids is 2. The van der Waals surface area contributed by atoms with Crippen molar-refractivity contribution in [2.75, 3.05) is 37.4 Å². The van der Waals surface area contributed by atoms with E-state index < -0.39 is 28.2 Å². The summed E-state index contributed by atoms with van der Waals surface area (Å²) in [5.41, 5.74) is 1.48. The van der Waals surface area contributed by atoms with E-state index in [1.54, 1.807) is 55.3 Å². The Morgan fingerprint density at radius 2 is 2.05 bits per heavy atom. The molecule has 14 heteroatoms. The Hall–Kier alpha value is -3.46. The molecule has 40 heavy (non-hydrogen) atoms. The number of likely N-dealkylation sites (N-methyl/N-ethyl adjacent to an activating group) is 1. The number of thiophene rings is 1. The third-order valence-corrected chi connectivity index (χ3v) is 9.99. The van der Waals surface area contributed by atoms with Gasteiger partial charge in [0.25, 0.3) is 15.9 Å². The summed E-state index contributed by atoms with van der Waals surface area (Å²) in [6, 6.07) is 6.83. The SMILES string of the molecule is Cc1noc(C)c1NC(=O)Nc1ccc2c(c1)C(=O)N([C@H](C)CO)C[C@H](C)[C@H](CN(C)S(=O)(=O)c1cccs1)O2. The minimum absolute atomic E-state index is 0.0379. The van der Waals surface area contributed by atoms with E-state index >= 15 is 0 Å². The van der Waals surface area contributed by atoms with Gasteiger partial charge >= 0.3 is 6.03 Å². The van der Waals surface area contributed by atoms with Crippen LogP contribution < -0.4 is 15.4 Å². The minimum atomic E-state index is -3.72. The van der Waals surface area contributed by atoms with E-state index in [0.717, 1.165) is 11.3 Å². The van der Waals surface area contributed by atoms with Gasteiger partial charge in [0.15, 0.2) is 5.76 Å². The largest absolute Gasteiger partial charge is 0.488 e. The summed E-state index contributed by atoms with van der Waals surface area (Å²) in [6.45, 7) is 6.98. The highest BCUT2D eigenvalue weighted by Crippen LogP contribution is 2.31. The van der Waals surface area contributed by atoms with Gasteiger partial charge in [0.2, 0.25) is 0 Å². The van der Waals surface area contributed by atoms with E-state index in [9.17, 15) is 23.1 Å². The maximum atomic E-state index is 13.6. The number of benzene rings is 1. The second-order valence-electron chi connectivity index (χ2n) is 9.83. The zero-order valence-corrected chi connectivity index (χ0v) is 24.5. The number of hydrogen-bond donors (Lipinski definition) is 3. The number of aromatic nitrogens is 1. The normalized spacial score (nSPS) is 18.5. The fourth-order valence-electron chi connectivity index (χ4n) is 4.37. The molecule has 0 fully saturated rings. The van der Waals surface area contributed by atoms with Crippen LogP contribution in [0.5, 0.6) is 5.75 Å². The minimum Gasteiger partial charge on any atom is -0.488 e. The van der Waals surface area contributed by atoms with Crippen molar-refractivity contribution in [1.29, 1.82) is 0 Å². The second-order valence-corrected chi connectivity index (χ2v) is 13.0. The first-order valence-corrected chi connectivity index (χ1v) is 15.0. The zero-order chi connectivity index (χ0) is 29.2. The highest BCUT2D eigenvalue weighted by Gasteiger charge is 2.35. The number of anilines is 2. The van der Waals surface area contributed by atoms with Crippen LogP contribution in [0, 0.1) is 19.8 Å².